The molecule has 0 aromatic carbocycles. The molecule has 142 valence electrons. The summed E-state index contributed by atoms with van der Waals surface area (Å²) in [5.74, 6) is -4.32. The lowest BCUT2D eigenvalue weighted by Gasteiger charge is -2.17. The van der Waals surface area contributed by atoms with Crippen molar-refractivity contribution in [3.8, 4) is 0 Å². The van der Waals surface area contributed by atoms with Gasteiger partial charge in [0, 0.05) is 0 Å². The highest BCUT2D eigenvalue weighted by Gasteiger charge is 2.22. The number of rotatable bonds is 11. The Hall–Kier alpha value is -2.69. The van der Waals surface area contributed by atoms with Crippen LogP contribution in [0.15, 0.2) is 0 Å². The molecular weight excluding hydrogens is 334 g/mol. The summed E-state index contributed by atoms with van der Waals surface area (Å²) in [6, 6.07) is -2.22. The molecule has 0 heterocycles. The van der Waals surface area contributed by atoms with Crippen molar-refractivity contribution >= 4 is 29.6 Å². The maximum absolute atomic E-state index is 11.7. The van der Waals surface area contributed by atoms with E-state index in [4.69, 9.17) is 16.6 Å². The lowest BCUT2D eigenvalue weighted by Crippen LogP contribution is -2.50. The second kappa shape index (κ2) is 11.0. The quantitative estimate of drug-likeness (QED) is 0.227. The van der Waals surface area contributed by atoms with Crippen molar-refractivity contribution in [3.63, 3.8) is 0 Å². The zero-order chi connectivity index (χ0) is 19.6. The minimum absolute atomic E-state index is 0.0490. The molecule has 11 heteroatoms. The zero-order valence-electron chi connectivity index (χ0n) is 14.2. The molecule has 0 aromatic rings. The topological polar surface area (TPSA) is 194 Å². The molecule has 0 aromatic heterocycles. The maximum atomic E-state index is 11.7. The van der Waals surface area contributed by atoms with Gasteiger partial charge in [0.25, 0.3) is 0 Å². The van der Waals surface area contributed by atoms with Crippen molar-refractivity contribution in [1.29, 1.82) is 0 Å². The normalized spacial score (nSPS) is 13.9. The predicted octanol–water partition coefficient (Wildman–Crippen LogP) is -2.96. The van der Waals surface area contributed by atoms with Crippen molar-refractivity contribution < 1.29 is 29.1 Å². The van der Waals surface area contributed by atoms with Gasteiger partial charge in [-0.2, -0.15) is 0 Å². The number of nitrogens with one attached hydrogen (secondary N) is 3. The molecule has 4 amide bonds. The highest BCUT2D eigenvalue weighted by atomic mass is 16.4. The van der Waals surface area contributed by atoms with Crippen LogP contribution in [0.3, 0.4) is 0 Å². The minimum Gasteiger partial charge on any atom is -0.480 e. The average molecular weight is 359 g/mol. The third-order valence-corrected chi connectivity index (χ3v) is 3.47. The van der Waals surface area contributed by atoms with Crippen molar-refractivity contribution in [2.75, 3.05) is 13.1 Å². The van der Waals surface area contributed by atoms with Gasteiger partial charge in [0.1, 0.15) is 6.04 Å². The van der Waals surface area contributed by atoms with Gasteiger partial charge in [0.15, 0.2) is 0 Å². The van der Waals surface area contributed by atoms with Crippen molar-refractivity contribution in [1.82, 2.24) is 16.0 Å². The van der Waals surface area contributed by atoms with E-state index in [1.807, 2.05) is 12.2 Å². The summed E-state index contributed by atoms with van der Waals surface area (Å²) in [4.78, 5) is 56.4. The van der Waals surface area contributed by atoms with E-state index < -0.39 is 54.6 Å². The number of carboxylic acids is 1. The van der Waals surface area contributed by atoms with Crippen LogP contribution in [0.25, 0.3) is 0 Å². The predicted molar refractivity (Wildman–Crippen MR) is 86.8 cm³/mol. The summed E-state index contributed by atoms with van der Waals surface area (Å²) in [7, 11) is 0. The molecule has 0 fully saturated rings. The molecule has 11 nitrogen and oxygen atoms in total. The van der Waals surface area contributed by atoms with E-state index in [9.17, 15) is 24.0 Å². The monoisotopic (exact) mass is 359 g/mol. The largest absolute Gasteiger partial charge is 0.480 e. The third kappa shape index (κ3) is 9.25. The molecular formula is C14H25N5O6. The van der Waals surface area contributed by atoms with E-state index in [2.05, 4.69) is 10.6 Å². The molecule has 3 unspecified atom stereocenters. The SMILES string of the molecule is CCC(C)C(N)C(=O)NCC(=O)NCC(=O)NC(CC(N)=O)C(=O)O. The van der Waals surface area contributed by atoms with Gasteiger partial charge in [-0.25, -0.2) is 4.79 Å². The minimum atomic E-state index is -1.48. The Kier molecular flexibility index (Phi) is 9.79. The van der Waals surface area contributed by atoms with E-state index in [1.54, 1.807) is 6.92 Å². The molecule has 25 heavy (non-hydrogen) atoms. The first-order valence-corrected chi connectivity index (χ1v) is 7.68. The van der Waals surface area contributed by atoms with Gasteiger partial charge in [-0.3, -0.25) is 19.2 Å². The van der Waals surface area contributed by atoms with Crippen molar-refractivity contribution in [2.24, 2.45) is 17.4 Å². The summed E-state index contributed by atoms with van der Waals surface area (Å²) in [5, 5.41) is 15.4. The van der Waals surface area contributed by atoms with E-state index in [-0.39, 0.29) is 12.5 Å². The van der Waals surface area contributed by atoms with E-state index in [0.717, 1.165) is 0 Å². The van der Waals surface area contributed by atoms with Crippen LogP contribution in [0.5, 0.6) is 0 Å². The van der Waals surface area contributed by atoms with Gasteiger partial charge in [-0.05, 0) is 5.92 Å². The summed E-state index contributed by atoms with van der Waals surface area (Å²) in [5.41, 5.74) is 10.6. The van der Waals surface area contributed by atoms with E-state index in [0.29, 0.717) is 6.42 Å². The Morgan fingerprint density at radius 3 is 2.08 bits per heavy atom. The van der Waals surface area contributed by atoms with E-state index in [1.165, 1.54) is 0 Å². The lowest BCUT2D eigenvalue weighted by molar-refractivity contribution is -0.143. The van der Waals surface area contributed by atoms with Gasteiger partial charge in [0.05, 0.1) is 25.6 Å². The molecule has 0 rings (SSSR count). The molecule has 8 N–H and O–H groups in total. The zero-order valence-corrected chi connectivity index (χ0v) is 14.2. The molecule has 0 aliphatic carbocycles. The molecule has 0 bridgehead atoms. The van der Waals surface area contributed by atoms with Crippen molar-refractivity contribution in [3.05, 3.63) is 0 Å². The fraction of sp³-hybridized carbons (Fsp3) is 0.643. The number of carbonyl (C=O) groups excluding carboxylic acids is 4. The third-order valence-electron chi connectivity index (χ3n) is 3.47. The molecule has 0 saturated carbocycles. The number of nitrogens with two attached hydrogens (primary N) is 2. The molecule has 0 radical (unpaired) electrons. The maximum Gasteiger partial charge on any atom is 0.326 e. The summed E-state index contributed by atoms with van der Waals surface area (Å²) >= 11 is 0. The second-order valence-electron chi connectivity index (χ2n) is 5.53. The van der Waals surface area contributed by atoms with Gasteiger partial charge < -0.3 is 32.5 Å². The van der Waals surface area contributed by atoms with E-state index >= 15 is 0 Å². The first-order valence-electron chi connectivity index (χ1n) is 7.68. The van der Waals surface area contributed by atoms with Gasteiger partial charge in [-0.1, -0.05) is 20.3 Å². The summed E-state index contributed by atoms with van der Waals surface area (Å²) < 4.78 is 0. The number of carbonyl (C=O) groups is 5. The Bertz CT molecular complexity index is 524. The van der Waals surface area contributed by atoms with Crippen LogP contribution in [-0.4, -0.2) is 59.9 Å². The Balaban J connectivity index is 4.24. The number of hydrogen-bond donors (Lipinski definition) is 6. The first kappa shape index (κ1) is 22.3. The van der Waals surface area contributed by atoms with Crippen LogP contribution in [-0.2, 0) is 24.0 Å². The number of aliphatic carboxylic acids is 1. The van der Waals surface area contributed by atoms with Gasteiger partial charge in [-0.15, -0.1) is 0 Å². The van der Waals surface area contributed by atoms with Crippen LogP contribution in [0.2, 0.25) is 0 Å². The standard InChI is InChI=1S/C14H25N5O6/c1-3-7(2)12(16)13(23)18-5-10(21)17-6-11(22)19-8(14(24)25)4-9(15)20/h7-8,12H,3-6,16H2,1-2H3,(H2,15,20)(H,17,21)(H,18,23)(H,19,22)(H,24,25). The first-order chi connectivity index (χ1) is 11.6. The highest BCUT2D eigenvalue weighted by Crippen LogP contribution is 2.04. The van der Waals surface area contributed by atoms with Crippen LogP contribution in [0.1, 0.15) is 26.7 Å². The summed E-state index contributed by atoms with van der Waals surface area (Å²) in [6.07, 6.45) is 0.135. The number of primary amides is 1. The number of amides is 4. The second-order valence-corrected chi connectivity index (χ2v) is 5.53. The van der Waals surface area contributed by atoms with Crippen LogP contribution in [0, 0.1) is 5.92 Å². The molecule has 0 spiro atoms. The molecule has 0 saturated heterocycles. The average Bonchev–Trinajstić information content (AvgIpc) is 2.55. The van der Waals surface area contributed by atoms with Crippen LogP contribution >= 0.6 is 0 Å². The Labute approximate surface area is 144 Å². The number of hydrogen-bond acceptors (Lipinski definition) is 6. The molecule has 3 atom stereocenters. The number of carboxylic acid groups (broad SMARTS) is 1. The Morgan fingerprint density at radius 1 is 1.04 bits per heavy atom. The summed E-state index contributed by atoms with van der Waals surface area (Å²) in [6.45, 7) is 2.79. The van der Waals surface area contributed by atoms with Gasteiger partial charge in [0.2, 0.25) is 23.6 Å². The van der Waals surface area contributed by atoms with Crippen LogP contribution in [0.4, 0.5) is 0 Å². The fourth-order valence-corrected chi connectivity index (χ4v) is 1.69. The molecule has 0 aliphatic rings. The highest BCUT2D eigenvalue weighted by molar-refractivity contribution is 5.92. The fourth-order valence-electron chi connectivity index (χ4n) is 1.69. The smallest absolute Gasteiger partial charge is 0.326 e. The Morgan fingerprint density at radius 2 is 1.60 bits per heavy atom. The lowest BCUT2D eigenvalue weighted by atomic mass is 9.99. The van der Waals surface area contributed by atoms with Crippen LogP contribution < -0.4 is 27.4 Å². The van der Waals surface area contributed by atoms with Crippen molar-refractivity contribution in [2.45, 2.75) is 38.8 Å². The van der Waals surface area contributed by atoms with Gasteiger partial charge >= 0.3 is 5.97 Å². The molecule has 0 aliphatic heterocycles.